The van der Waals surface area contributed by atoms with Gasteiger partial charge in [-0.25, -0.2) is 0 Å². The Labute approximate surface area is 85.4 Å². The number of primary amides is 1. The minimum Gasteiger partial charge on any atom is -0.496 e. The number of amides is 1. The van der Waals surface area contributed by atoms with Gasteiger partial charge < -0.3 is 10.5 Å². The topological polar surface area (TPSA) is 52.3 Å². The second-order valence-corrected chi connectivity index (χ2v) is 3.15. The largest absolute Gasteiger partial charge is 0.496 e. The van der Waals surface area contributed by atoms with Crippen LogP contribution in [0.1, 0.15) is 10.4 Å². The summed E-state index contributed by atoms with van der Waals surface area (Å²) in [6.45, 7) is 0. The van der Waals surface area contributed by atoms with Crippen LogP contribution in [0.3, 0.4) is 0 Å². The average molecular weight is 220 g/mol. The Morgan fingerprint density at radius 2 is 1.92 bits per heavy atom. The third kappa shape index (κ3) is 2.05. The Balaban J connectivity index is 3.33. The molecule has 0 aliphatic heterocycles. The van der Waals surface area contributed by atoms with Crippen LogP contribution < -0.4 is 10.5 Å². The Bertz CT molecular complexity index is 352. The first-order chi connectivity index (χ1) is 6.06. The molecule has 1 amide bonds. The normalized spacial score (nSPS) is 9.77. The van der Waals surface area contributed by atoms with Crippen LogP contribution in [-0.4, -0.2) is 13.0 Å². The van der Waals surface area contributed by atoms with E-state index in [1.54, 1.807) is 0 Å². The van der Waals surface area contributed by atoms with Crippen LogP contribution in [0.25, 0.3) is 0 Å². The van der Waals surface area contributed by atoms with Crippen molar-refractivity contribution >= 4 is 29.1 Å². The number of nitrogens with two attached hydrogens (primary N) is 1. The van der Waals surface area contributed by atoms with Crippen molar-refractivity contribution in [2.45, 2.75) is 0 Å². The second kappa shape index (κ2) is 3.85. The van der Waals surface area contributed by atoms with Crippen LogP contribution in [0.15, 0.2) is 12.1 Å². The lowest BCUT2D eigenvalue weighted by atomic mass is 10.2. The van der Waals surface area contributed by atoms with E-state index in [0.717, 1.165) is 0 Å². The van der Waals surface area contributed by atoms with Crippen LogP contribution in [0.2, 0.25) is 10.0 Å². The van der Waals surface area contributed by atoms with E-state index in [-0.39, 0.29) is 10.6 Å². The van der Waals surface area contributed by atoms with Crippen molar-refractivity contribution in [3.05, 3.63) is 27.7 Å². The highest BCUT2D eigenvalue weighted by atomic mass is 35.5. The molecule has 2 N–H and O–H groups in total. The summed E-state index contributed by atoms with van der Waals surface area (Å²) in [7, 11) is 1.42. The van der Waals surface area contributed by atoms with Crippen molar-refractivity contribution < 1.29 is 9.53 Å². The van der Waals surface area contributed by atoms with Crippen molar-refractivity contribution in [1.29, 1.82) is 0 Å². The van der Waals surface area contributed by atoms with Gasteiger partial charge in [-0.3, -0.25) is 4.79 Å². The fourth-order valence-electron chi connectivity index (χ4n) is 0.890. The first-order valence-electron chi connectivity index (χ1n) is 3.39. The molecule has 0 radical (unpaired) electrons. The molecule has 0 aromatic heterocycles. The summed E-state index contributed by atoms with van der Waals surface area (Å²) in [5.41, 5.74) is 5.31. The molecule has 0 spiro atoms. The first-order valence-corrected chi connectivity index (χ1v) is 4.14. The standard InChI is InChI=1S/C8H7Cl2NO2/c1-13-7-3-6(10)5(9)2-4(7)8(11)12/h2-3H,1H3,(H2,11,12). The number of methoxy groups -OCH3 is 1. The van der Waals surface area contributed by atoms with Gasteiger partial charge in [-0.05, 0) is 6.07 Å². The first kappa shape index (κ1) is 10.2. The fourth-order valence-corrected chi connectivity index (χ4v) is 1.21. The predicted octanol–water partition coefficient (Wildman–Crippen LogP) is 2.10. The van der Waals surface area contributed by atoms with Gasteiger partial charge in [0.15, 0.2) is 0 Å². The smallest absolute Gasteiger partial charge is 0.252 e. The number of halogens is 2. The van der Waals surface area contributed by atoms with Gasteiger partial charge in [0, 0.05) is 6.07 Å². The summed E-state index contributed by atoms with van der Waals surface area (Å²) in [6, 6.07) is 2.83. The third-order valence-electron chi connectivity index (χ3n) is 1.51. The Kier molecular flexibility index (Phi) is 3.01. The fraction of sp³-hybridized carbons (Fsp3) is 0.125. The van der Waals surface area contributed by atoms with Crippen molar-refractivity contribution in [3.8, 4) is 5.75 Å². The van der Waals surface area contributed by atoms with Gasteiger partial charge in [0.05, 0.1) is 22.7 Å². The molecule has 0 bridgehead atoms. The van der Waals surface area contributed by atoms with Gasteiger partial charge in [-0.15, -0.1) is 0 Å². The number of carbonyl (C=O) groups is 1. The number of hydrogen-bond donors (Lipinski definition) is 1. The number of hydrogen-bond acceptors (Lipinski definition) is 2. The molecule has 1 aromatic carbocycles. The third-order valence-corrected chi connectivity index (χ3v) is 2.23. The molecule has 0 heterocycles. The minimum absolute atomic E-state index is 0.219. The lowest BCUT2D eigenvalue weighted by molar-refractivity contribution is 0.0997. The van der Waals surface area contributed by atoms with Gasteiger partial charge in [-0.2, -0.15) is 0 Å². The van der Waals surface area contributed by atoms with E-state index >= 15 is 0 Å². The Hall–Kier alpha value is -0.930. The van der Waals surface area contributed by atoms with E-state index in [1.807, 2.05) is 0 Å². The molecule has 1 aromatic rings. The van der Waals surface area contributed by atoms with E-state index in [0.29, 0.717) is 10.8 Å². The highest BCUT2D eigenvalue weighted by molar-refractivity contribution is 6.42. The average Bonchev–Trinajstić information content (AvgIpc) is 2.08. The molecule has 70 valence electrons. The monoisotopic (exact) mass is 219 g/mol. The van der Waals surface area contributed by atoms with Gasteiger partial charge >= 0.3 is 0 Å². The van der Waals surface area contributed by atoms with Crippen molar-refractivity contribution in [2.75, 3.05) is 7.11 Å². The molecule has 0 saturated heterocycles. The molecular formula is C8H7Cl2NO2. The van der Waals surface area contributed by atoms with E-state index in [2.05, 4.69) is 0 Å². The molecule has 0 fully saturated rings. The zero-order valence-corrected chi connectivity index (χ0v) is 8.32. The van der Waals surface area contributed by atoms with E-state index < -0.39 is 5.91 Å². The van der Waals surface area contributed by atoms with E-state index in [1.165, 1.54) is 19.2 Å². The summed E-state index contributed by atoms with van der Waals surface area (Å²) in [4.78, 5) is 10.9. The molecular weight excluding hydrogens is 213 g/mol. The molecule has 0 unspecified atom stereocenters. The highest BCUT2D eigenvalue weighted by Gasteiger charge is 2.11. The number of carbonyl (C=O) groups excluding carboxylic acids is 1. The van der Waals surface area contributed by atoms with Crippen LogP contribution in [0.4, 0.5) is 0 Å². The molecule has 13 heavy (non-hydrogen) atoms. The van der Waals surface area contributed by atoms with E-state index in [9.17, 15) is 4.79 Å². The Morgan fingerprint density at radius 1 is 1.38 bits per heavy atom. The lowest BCUT2D eigenvalue weighted by Gasteiger charge is -2.06. The Morgan fingerprint density at radius 3 is 2.38 bits per heavy atom. The predicted molar refractivity (Wildman–Crippen MR) is 51.5 cm³/mol. The maximum Gasteiger partial charge on any atom is 0.252 e. The molecule has 0 aliphatic rings. The lowest BCUT2D eigenvalue weighted by Crippen LogP contribution is -2.12. The zero-order chi connectivity index (χ0) is 10.0. The molecule has 5 heteroatoms. The molecule has 0 atom stereocenters. The molecule has 1 rings (SSSR count). The SMILES string of the molecule is COc1cc(Cl)c(Cl)cc1C(N)=O. The van der Waals surface area contributed by atoms with Crippen LogP contribution in [-0.2, 0) is 0 Å². The van der Waals surface area contributed by atoms with Crippen molar-refractivity contribution in [3.63, 3.8) is 0 Å². The number of ether oxygens (including phenoxy) is 1. The summed E-state index contributed by atoms with van der Waals surface area (Å²) in [5.74, 6) is -0.280. The minimum atomic E-state index is -0.601. The second-order valence-electron chi connectivity index (χ2n) is 2.33. The summed E-state index contributed by atoms with van der Waals surface area (Å²) >= 11 is 11.4. The van der Waals surface area contributed by atoms with Crippen LogP contribution >= 0.6 is 23.2 Å². The van der Waals surface area contributed by atoms with Crippen molar-refractivity contribution in [2.24, 2.45) is 5.73 Å². The zero-order valence-electron chi connectivity index (χ0n) is 6.80. The quantitative estimate of drug-likeness (QED) is 0.829. The summed E-state index contributed by atoms with van der Waals surface area (Å²) in [5, 5.41) is 0.597. The number of rotatable bonds is 2. The molecule has 0 saturated carbocycles. The maximum atomic E-state index is 10.9. The van der Waals surface area contributed by atoms with Crippen LogP contribution in [0.5, 0.6) is 5.75 Å². The number of benzene rings is 1. The highest BCUT2D eigenvalue weighted by Crippen LogP contribution is 2.29. The van der Waals surface area contributed by atoms with Crippen molar-refractivity contribution in [1.82, 2.24) is 0 Å². The molecule has 3 nitrogen and oxygen atoms in total. The maximum absolute atomic E-state index is 10.9. The van der Waals surface area contributed by atoms with Gasteiger partial charge in [-0.1, -0.05) is 23.2 Å². The van der Waals surface area contributed by atoms with Crippen LogP contribution in [0, 0.1) is 0 Å². The summed E-state index contributed by atoms with van der Waals surface area (Å²) in [6.07, 6.45) is 0. The molecule has 0 aliphatic carbocycles. The van der Waals surface area contributed by atoms with E-state index in [4.69, 9.17) is 33.7 Å². The van der Waals surface area contributed by atoms with Gasteiger partial charge in [0.2, 0.25) is 0 Å². The summed E-state index contributed by atoms with van der Waals surface area (Å²) < 4.78 is 4.90. The van der Waals surface area contributed by atoms with Gasteiger partial charge in [0.1, 0.15) is 5.75 Å². The van der Waals surface area contributed by atoms with Gasteiger partial charge in [0.25, 0.3) is 5.91 Å².